The van der Waals surface area contributed by atoms with Gasteiger partial charge in [-0.2, -0.15) is 0 Å². The van der Waals surface area contributed by atoms with E-state index in [1.54, 1.807) is 7.11 Å². The summed E-state index contributed by atoms with van der Waals surface area (Å²) in [6.45, 7) is 1.10. The first-order valence-corrected chi connectivity index (χ1v) is 4.74. The highest BCUT2D eigenvalue weighted by Crippen LogP contribution is 2.16. The lowest BCUT2D eigenvalue weighted by Crippen LogP contribution is -2.07. The normalized spacial score (nSPS) is 10.3. The molecule has 0 amide bonds. The molecule has 1 rings (SSSR count). The number of methoxy groups -OCH3 is 1. The lowest BCUT2D eigenvalue weighted by molar-refractivity contribution is 0.168. The zero-order valence-corrected chi connectivity index (χ0v) is 8.70. The first kappa shape index (κ1) is 11.9. The molecule has 0 saturated heterocycles. The minimum atomic E-state index is -0.475. The smallest absolute Gasteiger partial charge is 0.250 e. The summed E-state index contributed by atoms with van der Waals surface area (Å²) >= 11 is 0. The van der Waals surface area contributed by atoms with Crippen molar-refractivity contribution in [2.45, 2.75) is 13.0 Å². The maximum absolute atomic E-state index is 13.5. The molecule has 1 aromatic rings. The number of pyridine rings is 1. The van der Waals surface area contributed by atoms with E-state index in [-0.39, 0.29) is 12.4 Å². The molecule has 5 heteroatoms. The van der Waals surface area contributed by atoms with Gasteiger partial charge in [-0.15, -0.1) is 0 Å². The van der Waals surface area contributed by atoms with Gasteiger partial charge in [0.25, 0.3) is 5.88 Å². The fourth-order valence-electron chi connectivity index (χ4n) is 1.09. The molecule has 1 aromatic heterocycles. The van der Waals surface area contributed by atoms with Crippen molar-refractivity contribution in [2.24, 2.45) is 5.73 Å². The number of ether oxygens (including phenoxy) is 2. The van der Waals surface area contributed by atoms with Crippen LogP contribution in [-0.4, -0.2) is 25.3 Å². The Morgan fingerprint density at radius 3 is 2.93 bits per heavy atom. The van der Waals surface area contributed by atoms with Crippen molar-refractivity contribution in [3.05, 3.63) is 23.6 Å². The van der Waals surface area contributed by atoms with E-state index in [2.05, 4.69) is 4.98 Å². The fourth-order valence-corrected chi connectivity index (χ4v) is 1.09. The summed E-state index contributed by atoms with van der Waals surface area (Å²) < 4.78 is 23.5. The van der Waals surface area contributed by atoms with Gasteiger partial charge in [-0.1, -0.05) is 0 Å². The second-order valence-corrected chi connectivity index (χ2v) is 2.99. The Bertz CT molecular complexity index is 307. The number of hydrogen-bond acceptors (Lipinski definition) is 4. The van der Waals surface area contributed by atoms with Crippen LogP contribution in [0.3, 0.4) is 0 Å². The summed E-state index contributed by atoms with van der Waals surface area (Å²) in [4.78, 5) is 3.79. The van der Waals surface area contributed by atoms with Crippen molar-refractivity contribution in [1.82, 2.24) is 4.98 Å². The summed E-state index contributed by atoms with van der Waals surface area (Å²) in [6.07, 6.45) is 2.18. The lowest BCUT2D eigenvalue weighted by atomic mass is 10.2. The molecule has 4 nitrogen and oxygen atoms in total. The van der Waals surface area contributed by atoms with E-state index in [4.69, 9.17) is 15.2 Å². The Morgan fingerprint density at radius 2 is 2.27 bits per heavy atom. The third-order valence-electron chi connectivity index (χ3n) is 1.89. The summed E-state index contributed by atoms with van der Waals surface area (Å²) in [5.74, 6) is -0.466. The Hall–Kier alpha value is -1.20. The standard InChI is InChI=1S/C10H15FN2O2/c1-14-5-2-6-15-10-9(11)8(7-12)3-4-13-10/h3-4H,2,5-7,12H2,1H3. The van der Waals surface area contributed by atoms with Gasteiger partial charge in [-0.25, -0.2) is 9.37 Å². The monoisotopic (exact) mass is 214 g/mol. The molecule has 84 valence electrons. The average molecular weight is 214 g/mol. The van der Waals surface area contributed by atoms with Gasteiger partial charge >= 0.3 is 0 Å². The van der Waals surface area contributed by atoms with Crippen LogP contribution < -0.4 is 10.5 Å². The summed E-state index contributed by atoms with van der Waals surface area (Å²) in [5, 5.41) is 0. The van der Waals surface area contributed by atoms with Gasteiger partial charge in [0, 0.05) is 38.4 Å². The molecule has 2 N–H and O–H groups in total. The molecule has 0 atom stereocenters. The van der Waals surface area contributed by atoms with E-state index in [0.717, 1.165) is 0 Å². The van der Waals surface area contributed by atoms with E-state index in [9.17, 15) is 4.39 Å². The van der Waals surface area contributed by atoms with Crippen molar-refractivity contribution in [3.8, 4) is 5.88 Å². The number of nitrogens with zero attached hydrogens (tertiary/aromatic N) is 1. The molecule has 0 aromatic carbocycles. The predicted octanol–water partition coefficient (Wildman–Crippen LogP) is 1.09. The van der Waals surface area contributed by atoms with E-state index in [1.165, 1.54) is 12.3 Å². The molecule has 0 spiro atoms. The van der Waals surface area contributed by atoms with Crippen LogP contribution in [0.4, 0.5) is 4.39 Å². The molecule has 0 aliphatic heterocycles. The minimum absolute atomic E-state index is 0.00838. The summed E-state index contributed by atoms with van der Waals surface area (Å²) in [5.41, 5.74) is 5.76. The van der Waals surface area contributed by atoms with Crippen LogP contribution >= 0.6 is 0 Å². The third kappa shape index (κ3) is 3.45. The van der Waals surface area contributed by atoms with Gasteiger partial charge in [0.1, 0.15) is 0 Å². The zero-order chi connectivity index (χ0) is 11.1. The number of aromatic nitrogens is 1. The van der Waals surface area contributed by atoms with Crippen molar-refractivity contribution in [3.63, 3.8) is 0 Å². The second kappa shape index (κ2) is 6.31. The topological polar surface area (TPSA) is 57.4 Å². The van der Waals surface area contributed by atoms with E-state index >= 15 is 0 Å². The Morgan fingerprint density at radius 1 is 1.47 bits per heavy atom. The molecular weight excluding hydrogens is 199 g/mol. The van der Waals surface area contributed by atoms with Gasteiger partial charge < -0.3 is 15.2 Å². The Kier molecular flexibility index (Phi) is 5.00. The van der Waals surface area contributed by atoms with Crippen LogP contribution in [0.15, 0.2) is 12.3 Å². The fraction of sp³-hybridized carbons (Fsp3) is 0.500. The molecule has 0 radical (unpaired) electrons. The molecule has 0 aliphatic rings. The summed E-state index contributed by atoms with van der Waals surface area (Å²) in [7, 11) is 1.61. The minimum Gasteiger partial charge on any atom is -0.475 e. The molecular formula is C10H15FN2O2. The molecule has 0 fully saturated rings. The number of nitrogens with two attached hydrogens (primary N) is 1. The van der Waals surface area contributed by atoms with E-state index in [1.807, 2.05) is 0 Å². The number of halogens is 1. The molecule has 0 aliphatic carbocycles. The van der Waals surface area contributed by atoms with Crippen molar-refractivity contribution in [2.75, 3.05) is 20.3 Å². The molecule has 0 bridgehead atoms. The summed E-state index contributed by atoms with van der Waals surface area (Å²) in [6, 6.07) is 1.54. The van der Waals surface area contributed by atoms with Gasteiger partial charge in [0.05, 0.1) is 6.61 Å². The van der Waals surface area contributed by atoms with Crippen molar-refractivity contribution >= 4 is 0 Å². The van der Waals surface area contributed by atoms with Crippen LogP contribution in [0.1, 0.15) is 12.0 Å². The van der Waals surface area contributed by atoms with Crippen LogP contribution in [-0.2, 0) is 11.3 Å². The molecule has 0 saturated carbocycles. The Balaban J connectivity index is 2.53. The largest absolute Gasteiger partial charge is 0.475 e. The van der Waals surface area contributed by atoms with E-state index in [0.29, 0.717) is 25.2 Å². The van der Waals surface area contributed by atoms with Gasteiger partial charge in [0.2, 0.25) is 0 Å². The predicted molar refractivity (Wildman–Crippen MR) is 54.1 cm³/mol. The highest BCUT2D eigenvalue weighted by Gasteiger charge is 2.08. The zero-order valence-electron chi connectivity index (χ0n) is 8.70. The van der Waals surface area contributed by atoms with Crippen LogP contribution in [0, 0.1) is 5.82 Å². The van der Waals surface area contributed by atoms with Gasteiger partial charge in [-0.05, 0) is 6.07 Å². The van der Waals surface area contributed by atoms with Crippen molar-refractivity contribution in [1.29, 1.82) is 0 Å². The first-order valence-electron chi connectivity index (χ1n) is 4.74. The van der Waals surface area contributed by atoms with E-state index < -0.39 is 5.82 Å². The van der Waals surface area contributed by atoms with Crippen molar-refractivity contribution < 1.29 is 13.9 Å². The Labute approximate surface area is 88.2 Å². The van der Waals surface area contributed by atoms with Crippen LogP contribution in [0.25, 0.3) is 0 Å². The first-order chi connectivity index (χ1) is 7.29. The molecule has 0 unspecified atom stereocenters. The number of rotatable bonds is 6. The maximum Gasteiger partial charge on any atom is 0.250 e. The SMILES string of the molecule is COCCCOc1nccc(CN)c1F. The van der Waals surface area contributed by atoms with Crippen LogP contribution in [0.5, 0.6) is 5.88 Å². The number of hydrogen-bond donors (Lipinski definition) is 1. The van der Waals surface area contributed by atoms with Crippen LogP contribution in [0.2, 0.25) is 0 Å². The highest BCUT2D eigenvalue weighted by molar-refractivity contribution is 5.23. The maximum atomic E-state index is 13.5. The molecule has 15 heavy (non-hydrogen) atoms. The van der Waals surface area contributed by atoms with Gasteiger partial charge in [-0.3, -0.25) is 0 Å². The second-order valence-electron chi connectivity index (χ2n) is 2.99. The highest BCUT2D eigenvalue weighted by atomic mass is 19.1. The average Bonchev–Trinajstić information content (AvgIpc) is 2.26. The van der Waals surface area contributed by atoms with Gasteiger partial charge in [0.15, 0.2) is 5.82 Å². The molecule has 1 heterocycles. The lowest BCUT2D eigenvalue weighted by Gasteiger charge is -2.07. The quantitative estimate of drug-likeness (QED) is 0.720. The third-order valence-corrected chi connectivity index (χ3v) is 1.89.